The van der Waals surface area contributed by atoms with Crippen LogP contribution in [0.5, 0.6) is 0 Å². The highest BCUT2D eigenvalue weighted by Gasteiger charge is 2.10. The molecule has 3 nitrogen and oxygen atoms in total. The van der Waals surface area contributed by atoms with Crippen LogP contribution < -0.4 is 5.73 Å². The van der Waals surface area contributed by atoms with Crippen LogP contribution >= 0.6 is 12.4 Å². The predicted molar refractivity (Wildman–Crippen MR) is 62.3 cm³/mol. The van der Waals surface area contributed by atoms with Crippen molar-refractivity contribution in [2.24, 2.45) is 5.73 Å². The molecular weight excluding hydrogens is 214 g/mol. The van der Waals surface area contributed by atoms with Gasteiger partial charge in [-0.05, 0) is 30.5 Å². The van der Waals surface area contributed by atoms with Crippen molar-refractivity contribution < 1.29 is 9.90 Å². The lowest BCUT2D eigenvalue weighted by Crippen LogP contribution is -2.15. The molecule has 0 fully saturated rings. The number of halogens is 1. The predicted octanol–water partition coefficient (Wildman–Crippen LogP) is 2.20. The number of hydrogen-bond acceptors (Lipinski definition) is 2. The van der Waals surface area contributed by atoms with Gasteiger partial charge in [0, 0.05) is 6.04 Å². The zero-order valence-electron chi connectivity index (χ0n) is 8.86. The fourth-order valence-corrected chi connectivity index (χ4v) is 1.30. The summed E-state index contributed by atoms with van der Waals surface area (Å²) in [7, 11) is 0. The summed E-state index contributed by atoms with van der Waals surface area (Å²) in [6, 6.07) is 5.39. The summed E-state index contributed by atoms with van der Waals surface area (Å²) in [6.07, 6.45) is -0.0253. The van der Waals surface area contributed by atoms with Crippen molar-refractivity contribution in [3.8, 4) is 0 Å². The van der Waals surface area contributed by atoms with E-state index >= 15 is 0 Å². The van der Waals surface area contributed by atoms with E-state index in [1.54, 1.807) is 0 Å². The van der Waals surface area contributed by atoms with Crippen molar-refractivity contribution in [3.63, 3.8) is 0 Å². The Morgan fingerprint density at radius 2 is 2.00 bits per heavy atom. The molecule has 1 rings (SSSR count). The maximum Gasteiger partial charge on any atom is 0.305 e. The second-order valence-corrected chi connectivity index (χ2v) is 3.55. The summed E-state index contributed by atoms with van der Waals surface area (Å²) in [5.41, 5.74) is 8.95. The van der Waals surface area contributed by atoms with E-state index in [2.05, 4.69) is 0 Å². The lowest BCUT2D eigenvalue weighted by Gasteiger charge is -2.11. The van der Waals surface area contributed by atoms with Crippen molar-refractivity contribution in [1.82, 2.24) is 0 Å². The van der Waals surface area contributed by atoms with Gasteiger partial charge >= 0.3 is 5.97 Å². The van der Waals surface area contributed by atoms with Crippen LogP contribution in [-0.4, -0.2) is 11.1 Å². The van der Waals surface area contributed by atoms with Crippen LogP contribution in [0.4, 0.5) is 0 Å². The molecular formula is C11H16ClNO2. The van der Waals surface area contributed by atoms with Gasteiger partial charge in [0.25, 0.3) is 0 Å². The lowest BCUT2D eigenvalue weighted by atomic mass is 10.00. The molecule has 0 amide bonds. The van der Waals surface area contributed by atoms with Crippen LogP contribution in [0, 0.1) is 13.8 Å². The van der Waals surface area contributed by atoms with Crippen LogP contribution in [0.3, 0.4) is 0 Å². The van der Waals surface area contributed by atoms with E-state index in [0.717, 1.165) is 11.1 Å². The highest BCUT2D eigenvalue weighted by atomic mass is 35.5. The molecule has 0 saturated heterocycles. The SMILES string of the molecule is Cc1ccc(C(N)CC(=O)O)cc1C.Cl. The first-order valence-electron chi connectivity index (χ1n) is 4.55. The summed E-state index contributed by atoms with van der Waals surface area (Å²) in [5.74, 6) is -0.865. The second kappa shape index (κ2) is 5.73. The Balaban J connectivity index is 0.00000196. The Hall–Kier alpha value is -1.06. The van der Waals surface area contributed by atoms with E-state index in [1.807, 2.05) is 32.0 Å². The maximum atomic E-state index is 10.5. The molecule has 15 heavy (non-hydrogen) atoms. The molecule has 1 aromatic carbocycles. The highest BCUT2D eigenvalue weighted by molar-refractivity contribution is 5.85. The van der Waals surface area contributed by atoms with Crippen molar-refractivity contribution in [2.75, 3.05) is 0 Å². The van der Waals surface area contributed by atoms with Crippen molar-refractivity contribution in [2.45, 2.75) is 26.3 Å². The molecule has 0 aliphatic rings. The zero-order chi connectivity index (χ0) is 10.7. The topological polar surface area (TPSA) is 63.3 Å². The Labute approximate surface area is 95.7 Å². The van der Waals surface area contributed by atoms with Gasteiger partial charge in [0.15, 0.2) is 0 Å². The number of aliphatic carboxylic acids is 1. The van der Waals surface area contributed by atoms with Crippen molar-refractivity contribution in [1.29, 1.82) is 0 Å². The first-order chi connectivity index (χ1) is 6.50. The molecule has 0 spiro atoms. The van der Waals surface area contributed by atoms with Crippen molar-refractivity contribution >= 4 is 18.4 Å². The Morgan fingerprint density at radius 1 is 1.40 bits per heavy atom. The average Bonchev–Trinajstić information content (AvgIpc) is 2.08. The van der Waals surface area contributed by atoms with Crippen LogP contribution in [0.2, 0.25) is 0 Å². The largest absolute Gasteiger partial charge is 0.481 e. The summed E-state index contributed by atoms with van der Waals surface area (Å²) >= 11 is 0. The van der Waals surface area contributed by atoms with Gasteiger partial charge in [0.05, 0.1) is 6.42 Å². The van der Waals surface area contributed by atoms with Crippen LogP contribution in [0.15, 0.2) is 18.2 Å². The minimum Gasteiger partial charge on any atom is -0.481 e. The number of rotatable bonds is 3. The van der Waals surface area contributed by atoms with Crippen LogP contribution in [0.1, 0.15) is 29.2 Å². The van der Waals surface area contributed by atoms with Crippen LogP contribution in [-0.2, 0) is 4.79 Å². The average molecular weight is 230 g/mol. The zero-order valence-corrected chi connectivity index (χ0v) is 9.67. The molecule has 0 aliphatic carbocycles. The molecule has 1 unspecified atom stereocenters. The first kappa shape index (κ1) is 13.9. The first-order valence-corrected chi connectivity index (χ1v) is 4.55. The molecule has 1 aromatic rings. The third-order valence-corrected chi connectivity index (χ3v) is 2.35. The summed E-state index contributed by atoms with van der Waals surface area (Å²) in [4.78, 5) is 10.5. The number of nitrogens with two attached hydrogens (primary N) is 1. The Morgan fingerprint density at radius 3 is 2.47 bits per heavy atom. The Bertz CT molecular complexity index is 352. The normalized spacial score (nSPS) is 11.7. The van der Waals surface area contributed by atoms with E-state index in [0.29, 0.717) is 0 Å². The van der Waals surface area contributed by atoms with Gasteiger partial charge < -0.3 is 10.8 Å². The number of carbonyl (C=O) groups is 1. The van der Waals surface area contributed by atoms with E-state index < -0.39 is 12.0 Å². The third kappa shape index (κ3) is 3.90. The number of benzene rings is 1. The van der Waals surface area contributed by atoms with Gasteiger partial charge in [-0.2, -0.15) is 0 Å². The van der Waals surface area contributed by atoms with Gasteiger partial charge in [-0.15, -0.1) is 12.4 Å². The van der Waals surface area contributed by atoms with E-state index in [9.17, 15) is 4.79 Å². The van der Waals surface area contributed by atoms with E-state index in [4.69, 9.17) is 10.8 Å². The number of aryl methyl sites for hydroxylation is 2. The highest BCUT2D eigenvalue weighted by Crippen LogP contribution is 2.17. The quantitative estimate of drug-likeness (QED) is 0.835. The number of carboxylic acids is 1. The van der Waals surface area contributed by atoms with Gasteiger partial charge in [0.1, 0.15) is 0 Å². The van der Waals surface area contributed by atoms with Gasteiger partial charge in [-0.1, -0.05) is 18.2 Å². The molecule has 0 heterocycles. The van der Waals surface area contributed by atoms with E-state index in [-0.39, 0.29) is 18.8 Å². The van der Waals surface area contributed by atoms with Crippen molar-refractivity contribution in [3.05, 3.63) is 34.9 Å². The maximum absolute atomic E-state index is 10.5. The minimum absolute atomic E-state index is 0. The molecule has 0 saturated carbocycles. The standard InChI is InChI=1S/C11H15NO2.ClH/c1-7-3-4-9(5-8(7)2)10(12)6-11(13)14;/h3-5,10H,6,12H2,1-2H3,(H,13,14);1H. The molecule has 0 aromatic heterocycles. The van der Waals surface area contributed by atoms with E-state index in [1.165, 1.54) is 5.56 Å². The smallest absolute Gasteiger partial charge is 0.305 e. The summed E-state index contributed by atoms with van der Waals surface area (Å²) in [6.45, 7) is 4.01. The minimum atomic E-state index is -0.865. The third-order valence-electron chi connectivity index (χ3n) is 2.35. The number of carboxylic acid groups (broad SMARTS) is 1. The molecule has 84 valence electrons. The summed E-state index contributed by atoms with van der Waals surface area (Å²) < 4.78 is 0. The molecule has 3 N–H and O–H groups in total. The molecule has 0 aliphatic heterocycles. The molecule has 4 heteroatoms. The lowest BCUT2D eigenvalue weighted by molar-refractivity contribution is -0.137. The van der Waals surface area contributed by atoms with Gasteiger partial charge in [0.2, 0.25) is 0 Å². The monoisotopic (exact) mass is 229 g/mol. The fraction of sp³-hybridized carbons (Fsp3) is 0.364. The summed E-state index contributed by atoms with van der Waals surface area (Å²) in [5, 5.41) is 8.59. The fourth-order valence-electron chi connectivity index (χ4n) is 1.30. The molecule has 0 radical (unpaired) electrons. The molecule has 1 atom stereocenters. The number of hydrogen-bond donors (Lipinski definition) is 2. The second-order valence-electron chi connectivity index (χ2n) is 3.55. The molecule has 0 bridgehead atoms. The Kier molecular flexibility index (Phi) is 5.33. The van der Waals surface area contributed by atoms with Gasteiger partial charge in [-0.3, -0.25) is 4.79 Å². The van der Waals surface area contributed by atoms with Crippen LogP contribution in [0.25, 0.3) is 0 Å². The van der Waals surface area contributed by atoms with Gasteiger partial charge in [-0.25, -0.2) is 0 Å².